The minimum Gasteiger partial charge on any atom is -0.310 e. The molecule has 100 valence electrons. The number of rotatable bonds is 2. The lowest BCUT2D eigenvalue weighted by Crippen LogP contribution is -2.15. The standard InChI is InChI=1S/C16H15N3O/c1-3-13-18-14(10(2)16(20)19-13)12-8-4-6-11-7-5-9-17-15(11)12/h4-9H,3H2,1-2H3,(H,18,19,20). The van der Waals surface area contributed by atoms with Crippen LogP contribution in [-0.2, 0) is 6.42 Å². The van der Waals surface area contributed by atoms with E-state index >= 15 is 0 Å². The summed E-state index contributed by atoms with van der Waals surface area (Å²) in [7, 11) is 0. The van der Waals surface area contributed by atoms with Crippen LogP contribution in [0.15, 0.2) is 41.3 Å². The van der Waals surface area contributed by atoms with Crippen molar-refractivity contribution in [3.63, 3.8) is 0 Å². The fourth-order valence-corrected chi connectivity index (χ4v) is 2.30. The van der Waals surface area contributed by atoms with Crippen molar-refractivity contribution in [2.24, 2.45) is 0 Å². The summed E-state index contributed by atoms with van der Waals surface area (Å²) in [4.78, 5) is 23.8. The molecule has 0 aliphatic carbocycles. The quantitative estimate of drug-likeness (QED) is 0.775. The maximum atomic E-state index is 12.0. The van der Waals surface area contributed by atoms with Crippen molar-refractivity contribution in [1.82, 2.24) is 15.0 Å². The number of nitrogens with one attached hydrogen (secondary N) is 1. The summed E-state index contributed by atoms with van der Waals surface area (Å²) in [6.07, 6.45) is 2.45. The van der Waals surface area contributed by atoms with Gasteiger partial charge in [0, 0.05) is 29.1 Å². The van der Waals surface area contributed by atoms with E-state index in [1.54, 1.807) is 13.1 Å². The molecule has 4 nitrogen and oxygen atoms in total. The van der Waals surface area contributed by atoms with Crippen LogP contribution in [0.3, 0.4) is 0 Å². The van der Waals surface area contributed by atoms with Crippen LogP contribution in [0.25, 0.3) is 22.2 Å². The van der Waals surface area contributed by atoms with Gasteiger partial charge in [-0.3, -0.25) is 9.78 Å². The van der Waals surface area contributed by atoms with Crippen molar-refractivity contribution in [2.45, 2.75) is 20.3 Å². The third kappa shape index (κ3) is 1.99. The number of nitrogens with zero attached hydrogens (tertiary/aromatic N) is 2. The number of fused-ring (bicyclic) bond motifs is 1. The molecule has 3 rings (SSSR count). The summed E-state index contributed by atoms with van der Waals surface area (Å²) in [6.45, 7) is 3.76. The van der Waals surface area contributed by atoms with Crippen molar-refractivity contribution < 1.29 is 0 Å². The molecule has 0 atom stereocenters. The van der Waals surface area contributed by atoms with E-state index in [4.69, 9.17) is 0 Å². The average molecular weight is 265 g/mol. The third-order valence-corrected chi connectivity index (χ3v) is 3.42. The van der Waals surface area contributed by atoms with Gasteiger partial charge in [0.1, 0.15) is 5.82 Å². The number of hydrogen-bond donors (Lipinski definition) is 1. The van der Waals surface area contributed by atoms with Gasteiger partial charge in [-0.2, -0.15) is 0 Å². The van der Waals surface area contributed by atoms with Crippen LogP contribution in [-0.4, -0.2) is 15.0 Å². The molecule has 1 N–H and O–H groups in total. The van der Waals surface area contributed by atoms with Crippen LogP contribution in [0.5, 0.6) is 0 Å². The molecular weight excluding hydrogens is 250 g/mol. The SMILES string of the molecule is CCc1nc(-c2cccc3cccnc23)c(C)c(=O)[nH]1. The van der Waals surface area contributed by atoms with E-state index in [-0.39, 0.29) is 5.56 Å². The Kier molecular flexibility index (Phi) is 3.06. The lowest BCUT2D eigenvalue weighted by Gasteiger charge is -2.09. The molecule has 0 bridgehead atoms. The summed E-state index contributed by atoms with van der Waals surface area (Å²) >= 11 is 0. The molecule has 2 aromatic heterocycles. The van der Waals surface area contributed by atoms with Gasteiger partial charge in [-0.15, -0.1) is 0 Å². The Hall–Kier alpha value is -2.49. The van der Waals surface area contributed by atoms with Crippen LogP contribution < -0.4 is 5.56 Å². The summed E-state index contributed by atoms with van der Waals surface area (Å²) in [5, 5.41) is 1.05. The number of aryl methyl sites for hydroxylation is 1. The Morgan fingerprint density at radius 1 is 1.20 bits per heavy atom. The molecule has 0 radical (unpaired) electrons. The van der Waals surface area contributed by atoms with Gasteiger partial charge in [0.05, 0.1) is 11.2 Å². The second-order valence-electron chi connectivity index (χ2n) is 4.72. The van der Waals surface area contributed by atoms with Crippen LogP contribution in [0.1, 0.15) is 18.3 Å². The normalized spacial score (nSPS) is 10.9. The molecule has 3 aromatic rings. The maximum Gasteiger partial charge on any atom is 0.254 e. The highest BCUT2D eigenvalue weighted by Gasteiger charge is 2.12. The maximum absolute atomic E-state index is 12.0. The first kappa shape index (κ1) is 12.5. The molecule has 20 heavy (non-hydrogen) atoms. The summed E-state index contributed by atoms with van der Waals surface area (Å²) in [6, 6.07) is 9.85. The summed E-state index contributed by atoms with van der Waals surface area (Å²) in [5.41, 5.74) is 3.04. The lowest BCUT2D eigenvalue weighted by molar-refractivity contribution is 0.912. The fraction of sp³-hybridized carbons (Fsp3) is 0.188. The molecule has 1 aromatic carbocycles. The molecule has 0 spiro atoms. The number of para-hydroxylation sites is 1. The molecule has 0 saturated heterocycles. The van der Waals surface area contributed by atoms with Gasteiger partial charge in [0.2, 0.25) is 0 Å². The van der Waals surface area contributed by atoms with E-state index in [2.05, 4.69) is 15.0 Å². The van der Waals surface area contributed by atoms with Gasteiger partial charge in [-0.25, -0.2) is 4.98 Å². The number of hydrogen-bond acceptors (Lipinski definition) is 3. The molecular formula is C16H15N3O. The highest BCUT2D eigenvalue weighted by molar-refractivity contribution is 5.93. The highest BCUT2D eigenvalue weighted by atomic mass is 16.1. The van der Waals surface area contributed by atoms with Gasteiger partial charge in [-0.1, -0.05) is 31.2 Å². The van der Waals surface area contributed by atoms with Gasteiger partial charge in [-0.05, 0) is 13.0 Å². The van der Waals surface area contributed by atoms with Crippen LogP contribution in [0.4, 0.5) is 0 Å². The van der Waals surface area contributed by atoms with Crippen molar-refractivity contribution in [3.05, 3.63) is 58.3 Å². The third-order valence-electron chi connectivity index (χ3n) is 3.42. The van der Waals surface area contributed by atoms with E-state index in [1.807, 2.05) is 37.3 Å². The fourth-order valence-electron chi connectivity index (χ4n) is 2.30. The largest absolute Gasteiger partial charge is 0.310 e. The topological polar surface area (TPSA) is 58.6 Å². The Morgan fingerprint density at radius 2 is 2.00 bits per heavy atom. The highest BCUT2D eigenvalue weighted by Crippen LogP contribution is 2.26. The zero-order valence-corrected chi connectivity index (χ0v) is 11.5. The van der Waals surface area contributed by atoms with Gasteiger partial charge in [0.25, 0.3) is 5.56 Å². The molecule has 0 unspecified atom stereocenters. The van der Waals surface area contributed by atoms with Crippen LogP contribution in [0.2, 0.25) is 0 Å². The van der Waals surface area contributed by atoms with Crippen LogP contribution in [0, 0.1) is 6.92 Å². The first-order chi connectivity index (χ1) is 9.70. The van der Waals surface area contributed by atoms with E-state index < -0.39 is 0 Å². The van der Waals surface area contributed by atoms with Crippen molar-refractivity contribution in [3.8, 4) is 11.3 Å². The molecule has 2 heterocycles. The first-order valence-electron chi connectivity index (χ1n) is 6.64. The molecule has 0 amide bonds. The molecule has 4 heteroatoms. The molecule has 0 fully saturated rings. The Morgan fingerprint density at radius 3 is 2.80 bits per heavy atom. The predicted molar refractivity (Wildman–Crippen MR) is 79.7 cm³/mol. The average Bonchev–Trinajstić information content (AvgIpc) is 2.49. The molecule has 0 aliphatic rings. The number of aromatic amines is 1. The second-order valence-corrected chi connectivity index (χ2v) is 4.72. The number of aromatic nitrogens is 3. The first-order valence-corrected chi connectivity index (χ1v) is 6.64. The van der Waals surface area contributed by atoms with Gasteiger partial charge >= 0.3 is 0 Å². The zero-order valence-electron chi connectivity index (χ0n) is 11.5. The Balaban J connectivity index is 2.36. The van der Waals surface area contributed by atoms with Crippen LogP contribution >= 0.6 is 0 Å². The minimum atomic E-state index is -0.0835. The summed E-state index contributed by atoms with van der Waals surface area (Å²) < 4.78 is 0. The van der Waals surface area contributed by atoms with E-state index in [9.17, 15) is 4.79 Å². The smallest absolute Gasteiger partial charge is 0.254 e. The summed E-state index contributed by atoms with van der Waals surface area (Å²) in [5.74, 6) is 0.698. The van der Waals surface area contributed by atoms with Crippen molar-refractivity contribution >= 4 is 10.9 Å². The van der Waals surface area contributed by atoms with Gasteiger partial charge in [0.15, 0.2) is 0 Å². The Bertz CT molecular complexity index is 831. The number of H-pyrrole nitrogens is 1. The van der Waals surface area contributed by atoms with E-state index in [1.165, 1.54) is 0 Å². The zero-order chi connectivity index (χ0) is 14.1. The van der Waals surface area contributed by atoms with Gasteiger partial charge < -0.3 is 4.98 Å². The molecule has 0 saturated carbocycles. The molecule has 0 aliphatic heterocycles. The number of benzene rings is 1. The minimum absolute atomic E-state index is 0.0835. The van der Waals surface area contributed by atoms with E-state index in [0.717, 1.165) is 22.2 Å². The second kappa shape index (κ2) is 4.89. The Labute approximate surface area is 116 Å². The van der Waals surface area contributed by atoms with Crippen molar-refractivity contribution in [1.29, 1.82) is 0 Å². The van der Waals surface area contributed by atoms with Crippen molar-refractivity contribution in [2.75, 3.05) is 0 Å². The monoisotopic (exact) mass is 265 g/mol. The van der Waals surface area contributed by atoms with E-state index in [0.29, 0.717) is 17.8 Å². The lowest BCUT2D eigenvalue weighted by atomic mass is 10.0. The predicted octanol–water partition coefficient (Wildman–Crippen LogP) is 2.86. The number of pyridine rings is 1.